The van der Waals surface area contributed by atoms with Crippen molar-refractivity contribution in [3.05, 3.63) is 56.1 Å². The van der Waals surface area contributed by atoms with E-state index >= 15 is 0 Å². The summed E-state index contributed by atoms with van der Waals surface area (Å²) in [6.45, 7) is 0.789. The summed E-state index contributed by atoms with van der Waals surface area (Å²) in [5.74, 6) is 0.550. The summed E-state index contributed by atoms with van der Waals surface area (Å²) in [5.41, 5.74) is 6.20. The molecule has 0 spiro atoms. The molecule has 0 amide bonds. The summed E-state index contributed by atoms with van der Waals surface area (Å²) < 4.78 is 36.5. The van der Waals surface area contributed by atoms with Gasteiger partial charge in [0.2, 0.25) is 0 Å². The Balaban J connectivity index is 1.78. The van der Waals surface area contributed by atoms with E-state index in [1.54, 1.807) is 18.2 Å². The molecule has 0 saturated carbocycles. The van der Waals surface area contributed by atoms with E-state index in [2.05, 4.69) is 43.8 Å². The third-order valence-electron chi connectivity index (χ3n) is 3.37. The number of nitrogens with two attached hydrogens (primary N) is 1. The molecule has 0 atom stereocenters. The zero-order valence-corrected chi connectivity index (χ0v) is 18.8. The van der Waals surface area contributed by atoms with Crippen molar-refractivity contribution in [2.24, 2.45) is 5.73 Å². The van der Waals surface area contributed by atoms with Gasteiger partial charge in [0.25, 0.3) is 10.1 Å². The van der Waals surface area contributed by atoms with Gasteiger partial charge >= 0.3 is 0 Å². The molecule has 0 fully saturated rings. The maximum atomic E-state index is 12.1. The van der Waals surface area contributed by atoms with E-state index in [4.69, 9.17) is 20.1 Å². The van der Waals surface area contributed by atoms with Gasteiger partial charge in [-0.15, -0.1) is 0 Å². The number of halogens is 2. The van der Waals surface area contributed by atoms with Crippen molar-refractivity contribution in [2.45, 2.75) is 17.9 Å². The maximum Gasteiger partial charge on any atom is 0.296 e. The van der Waals surface area contributed by atoms with Crippen molar-refractivity contribution >= 4 is 54.6 Å². The molecule has 2 aromatic carbocycles. The number of benzene rings is 2. The summed E-state index contributed by atoms with van der Waals surface area (Å²) in [6, 6.07) is 12.0. The average Bonchev–Trinajstić information content (AvgIpc) is 2.61. The highest BCUT2D eigenvalue weighted by atomic mass is 127. The highest BCUT2D eigenvalue weighted by Gasteiger charge is 2.14. The van der Waals surface area contributed by atoms with Gasteiger partial charge in [0.15, 0.2) is 5.96 Å². The molecule has 2 rings (SSSR count). The minimum atomic E-state index is -3.75. The third-order valence-corrected chi connectivity index (χ3v) is 6.03. The molecular formula is C17H19BrIN3O4S. The largest absolute Gasteiger partial charge is 0.492 e. The molecule has 2 aromatic rings. The number of rotatable bonds is 9. The maximum absolute atomic E-state index is 12.1. The smallest absolute Gasteiger partial charge is 0.296 e. The standard InChI is InChI=1S/C17H19BrIN3O4S/c18-15-10-12(11-22-17(20)21)2-7-16(15)25-8-1-9-26-27(23,24)14-5-3-13(19)4-6-14/h2-7,10H,1,8-9,11H2,(H4,20,21,22). The average molecular weight is 568 g/mol. The van der Waals surface area contributed by atoms with E-state index in [9.17, 15) is 8.42 Å². The minimum absolute atomic E-state index is 0.0343. The van der Waals surface area contributed by atoms with Crippen LogP contribution in [0.5, 0.6) is 5.75 Å². The molecule has 27 heavy (non-hydrogen) atoms. The molecule has 0 saturated heterocycles. The molecular weight excluding hydrogens is 549 g/mol. The molecule has 0 bridgehead atoms. The second-order valence-electron chi connectivity index (χ2n) is 5.46. The van der Waals surface area contributed by atoms with Gasteiger partial charge in [0.05, 0.1) is 22.6 Å². The molecule has 0 aromatic heterocycles. The second kappa shape index (κ2) is 10.2. The van der Waals surface area contributed by atoms with E-state index in [0.29, 0.717) is 25.3 Å². The van der Waals surface area contributed by atoms with E-state index in [0.717, 1.165) is 13.6 Å². The predicted octanol–water partition coefficient (Wildman–Crippen LogP) is 3.21. The van der Waals surface area contributed by atoms with Crippen LogP contribution in [-0.4, -0.2) is 27.6 Å². The summed E-state index contributed by atoms with van der Waals surface area (Å²) in [7, 11) is -3.75. The summed E-state index contributed by atoms with van der Waals surface area (Å²) >= 11 is 5.53. The second-order valence-corrected chi connectivity index (χ2v) is 9.18. The van der Waals surface area contributed by atoms with Crippen molar-refractivity contribution in [1.82, 2.24) is 5.32 Å². The number of ether oxygens (including phenoxy) is 1. The van der Waals surface area contributed by atoms with Crippen LogP contribution in [0.3, 0.4) is 0 Å². The number of hydrogen-bond donors (Lipinski definition) is 3. The van der Waals surface area contributed by atoms with E-state index in [1.165, 1.54) is 12.1 Å². The number of guanidine groups is 1. The van der Waals surface area contributed by atoms with E-state index in [-0.39, 0.29) is 17.5 Å². The fraction of sp³-hybridized carbons (Fsp3) is 0.235. The molecule has 0 aliphatic rings. The first kappa shape index (κ1) is 21.9. The highest BCUT2D eigenvalue weighted by molar-refractivity contribution is 14.1. The van der Waals surface area contributed by atoms with Crippen molar-refractivity contribution < 1.29 is 17.3 Å². The molecule has 0 unspecified atom stereocenters. The number of hydrogen-bond acceptors (Lipinski definition) is 5. The van der Waals surface area contributed by atoms with Gasteiger partial charge in [-0.2, -0.15) is 8.42 Å². The van der Waals surface area contributed by atoms with Crippen LogP contribution in [-0.2, 0) is 20.8 Å². The minimum Gasteiger partial charge on any atom is -0.492 e. The lowest BCUT2D eigenvalue weighted by Gasteiger charge is -2.11. The highest BCUT2D eigenvalue weighted by Crippen LogP contribution is 2.26. The van der Waals surface area contributed by atoms with Gasteiger partial charge in [-0.05, 0) is 80.5 Å². The van der Waals surface area contributed by atoms with Gasteiger partial charge < -0.3 is 15.8 Å². The fourth-order valence-electron chi connectivity index (χ4n) is 2.05. The monoisotopic (exact) mass is 567 g/mol. The van der Waals surface area contributed by atoms with Crippen LogP contribution in [0, 0.1) is 8.98 Å². The van der Waals surface area contributed by atoms with Crippen molar-refractivity contribution in [3.63, 3.8) is 0 Å². The van der Waals surface area contributed by atoms with E-state index in [1.807, 2.05) is 12.1 Å². The van der Waals surface area contributed by atoms with Crippen molar-refractivity contribution in [3.8, 4) is 5.75 Å². The number of nitrogens with one attached hydrogen (secondary N) is 2. The Hall–Kier alpha value is -1.37. The molecule has 7 nitrogen and oxygen atoms in total. The first-order valence-electron chi connectivity index (χ1n) is 7.92. The topological polar surface area (TPSA) is 114 Å². The van der Waals surface area contributed by atoms with Crippen LogP contribution in [0.1, 0.15) is 12.0 Å². The summed E-state index contributed by atoms with van der Waals surface area (Å²) in [6.07, 6.45) is 0.420. The van der Waals surface area contributed by atoms with Gasteiger partial charge in [-0.3, -0.25) is 9.59 Å². The zero-order valence-electron chi connectivity index (χ0n) is 14.2. The Morgan fingerprint density at radius 2 is 1.89 bits per heavy atom. The van der Waals surface area contributed by atoms with Crippen molar-refractivity contribution in [1.29, 1.82) is 5.41 Å². The Bertz CT molecular complexity index is 892. The van der Waals surface area contributed by atoms with Gasteiger partial charge in [0.1, 0.15) is 5.75 Å². The van der Waals surface area contributed by atoms with Gasteiger partial charge in [0, 0.05) is 16.5 Å². The molecule has 10 heteroatoms. The van der Waals surface area contributed by atoms with Gasteiger partial charge in [-0.1, -0.05) is 6.07 Å². The lowest BCUT2D eigenvalue weighted by Crippen LogP contribution is -2.29. The Morgan fingerprint density at radius 3 is 2.52 bits per heavy atom. The lowest BCUT2D eigenvalue weighted by atomic mass is 10.2. The summed E-state index contributed by atoms with van der Waals surface area (Å²) in [4.78, 5) is 0.140. The van der Waals surface area contributed by atoms with Crippen LogP contribution in [0.2, 0.25) is 0 Å². The molecule has 0 aliphatic heterocycles. The van der Waals surface area contributed by atoms with Crippen molar-refractivity contribution in [2.75, 3.05) is 13.2 Å². The molecule has 0 aliphatic carbocycles. The van der Waals surface area contributed by atoms with Crippen LogP contribution in [0.25, 0.3) is 0 Å². The molecule has 0 radical (unpaired) electrons. The Kier molecular flexibility index (Phi) is 8.32. The summed E-state index contributed by atoms with van der Waals surface area (Å²) in [5, 5.41) is 9.88. The normalized spacial score (nSPS) is 11.2. The van der Waals surface area contributed by atoms with Crippen LogP contribution in [0.15, 0.2) is 51.8 Å². The fourth-order valence-corrected chi connectivity index (χ4v) is 3.89. The molecule has 146 valence electrons. The van der Waals surface area contributed by atoms with Crippen LogP contribution >= 0.6 is 38.5 Å². The first-order chi connectivity index (χ1) is 12.8. The lowest BCUT2D eigenvalue weighted by molar-refractivity contribution is 0.250. The molecule has 0 heterocycles. The molecule has 4 N–H and O–H groups in total. The Morgan fingerprint density at radius 1 is 1.19 bits per heavy atom. The SMILES string of the molecule is N=C(N)NCc1ccc(OCCCOS(=O)(=O)c2ccc(I)cc2)c(Br)c1. The quantitative estimate of drug-likeness (QED) is 0.141. The third kappa shape index (κ3) is 7.28. The van der Waals surface area contributed by atoms with E-state index < -0.39 is 10.1 Å². The van der Waals surface area contributed by atoms with Crippen LogP contribution < -0.4 is 15.8 Å². The Labute approximate surface area is 180 Å². The predicted molar refractivity (Wildman–Crippen MR) is 115 cm³/mol. The van der Waals surface area contributed by atoms with Crippen LogP contribution in [0.4, 0.5) is 0 Å². The first-order valence-corrected chi connectivity index (χ1v) is 11.2. The van der Waals surface area contributed by atoms with Gasteiger partial charge in [-0.25, -0.2) is 0 Å². The zero-order chi connectivity index (χ0) is 19.9.